The van der Waals surface area contributed by atoms with Crippen LogP contribution < -0.4 is 20.1 Å². The second-order valence-electron chi connectivity index (χ2n) is 10.3. The van der Waals surface area contributed by atoms with Crippen LogP contribution in [0, 0.1) is 5.41 Å². The zero-order valence-electron chi connectivity index (χ0n) is 23.8. The molecule has 3 aromatic rings. The fraction of sp³-hybridized carbons (Fsp3) is 0.484. The lowest BCUT2D eigenvalue weighted by molar-refractivity contribution is -0.00211. The minimum Gasteiger partial charge on any atom is -0.455 e. The third-order valence-corrected chi connectivity index (χ3v) is 8.52. The van der Waals surface area contributed by atoms with E-state index < -0.39 is 6.29 Å². The quantitative estimate of drug-likeness (QED) is 0.169. The molecule has 0 bridgehead atoms. The lowest BCUT2D eigenvalue weighted by Gasteiger charge is -2.26. The van der Waals surface area contributed by atoms with Gasteiger partial charge in [-0.15, -0.1) is 11.3 Å². The Hall–Kier alpha value is -3.18. The third-order valence-electron chi connectivity index (χ3n) is 7.35. The van der Waals surface area contributed by atoms with Crippen LogP contribution in [0.25, 0.3) is 11.3 Å². The summed E-state index contributed by atoms with van der Waals surface area (Å²) in [4.78, 5) is 11.3. The Morgan fingerprint density at radius 1 is 0.951 bits per heavy atom. The van der Waals surface area contributed by atoms with Crippen LogP contribution in [-0.4, -0.2) is 81.2 Å². The van der Waals surface area contributed by atoms with Crippen LogP contribution in [0.5, 0.6) is 11.5 Å². The number of rotatable bonds is 13. The molecule has 0 spiro atoms. The standard InChI is InChI=1S/C31H41N5O4S/c1-2-3-4-28(40-26-11-7-24(8-12-26)30(32)33)39-25-9-5-23(6-10-25)29-27(13-14-35-15-19-37-20-16-35)41-31(34-29)36-17-21-38-22-18-36/h5-12,28H,2-4,13-22H2,1H3,(H3,32,33). The van der Waals surface area contributed by atoms with Gasteiger partial charge in [0, 0.05) is 55.1 Å². The number of amidine groups is 1. The van der Waals surface area contributed by atoms with Crippen LogP contribution in [0.3, 0.4) is 0 Å². The van der Waals surface area contributed by atoms with Gasteiger partial charge >= 0.3 is 0 Å². The molecule has 5 rings (SSSR count). The molecule has 1 unspecified atom stereocenters. The minimum atomic E-state index is -0.416. The number of unbranched alkanes of at least 4 members (excludes halogenated alkanes) is 1. The molecule has 2 fully saturated rings. The number of nitrogens with two attached hydrogens (primary N) is 1. The van der Waals surface area contributed by atoms with Gasteiger partial charge in [-0.05, 0) is 61.4 Å². The van der Waals surface area contributed by atoms with Crippen molar-refractivity contribution in [1.82, 2.24) is 9.88 Å². The summed E-state index contributed by atoms with van der Waals surface area (Å²) >= 11 is 1.81. The van der Waals surface area contributed by atoms with Gasteiger partial charge in [0.05, 0.1) is 32.1 Å². The van der Waals surface area contributed by atoms with Crippen LogP contribution in [0.4, 0.5) is 5.13 Å². The molecule has 2 aromatic carbocycles. The monoisotopic (exact) mass is 579 g/mol. The molecule has 220 valence electrons. The van der Waals surface area contributed by atoms with Crippen molar-refractivity contribution in [2.75, 3.05) is 64.1 Å². The number of morpholine rings is 2. The van der Waals surface area contributed by atoms with Crippen molar-refractivity contribution in [3.8, 4) is 22.8 Å². The Morgan fingerprint density at radius 3 is 2.17 bits per heavy atom. The van der Waals surface area contributed by atoms with Gasteiger partial charge in [0.1, 0.15) is 17.3 Å². The van der Waals surface area contributed by atoms with Crippen LogP contribution in [-0.2, 0) is 15.9 Å². The van der Waals surface area contributed by atoms with Gasteiger partial charge in [-0.2, -0.15) is 0 Å². The molecule has 2 saturated heterocycles. The summed E-state index contributed by atoms with van der Waals surface area (Å²) in [5.41, 5.74) is 8.40. The summed E-state index contributed by atoms with van der Waals surface area (Å²) in [6.45, 7) is 9.98. The second kappa shape index (κ2) is 14.6. The first-order chi connectivity index (χ1) is 20.1. The number of hydrogen-bond donors (Lipinski definition) is 2. The Kier molecular flexibility index (Phi) is 10.5. The van der Waals surface area contributed by atoms with Crippen molar-refractivity contribution >= 4 is 22.3 Å². The van der Waals surface area contributed by atoms with E-state index in [-0.39, 0.29) is 5.84 Å². The van der Waals surface area contributed by atoms with E-state index in [0.717, 1.165) is 107 Å². The van der Waals surface area contributed by atoms with E-state index in [9.17, 15) is 0 Å². The number of nitrogens with zero attached hydrogens (tertiary/aromatic N) is 3. The average molecular weight is 580 g/mol. The first-order valence-corrected chi connectivity index (χ1v) is 15.4. The molecule has 3 heterocycles. The van der Waals surface area contributed by atoms with Crippen molar-refractivity contribution in [2.45, 2.75) is 38.9 Å². The summed E-state index contributed by atoms with van der Waals surface area (Å²) in [6, 6.07) is 15.5. The first-order valence-electron chi connectivity index (χ1n) is 14.6. The highest BCUT2D eigenvalue weighted by atomic mass is 32.1. The van der Waals surface area contributed by atoms with Crippen LogP contribution >= 0.6 is 11.3 Å². The number of benzene rings is 2. The second-order valence-corrected chi connectivity index (χ2v) is 11.4. The van der Waals surface area contributed by atoms with E-state index >= 15 is 0 Å². The van der Waals surface area contributed by atoms with E-state index in [1.54, 1.807) is 23.5 Å². The van der Waals surface area contributed by atoms with Gasteiger partial charge in [0.25, 0.3) is 0 Å². The maximum absolute atomic E-state index is 7.60. The van der Waals surface area contributed by atoms with E-state index in [0.29, 0.717) is 11.3 Å². The highest BCUT2D eigenvalue weighted by molar-refractivity contribution is 7.16. The number of ether oxygens (including phenoxy) is 4. The topological polar surface area (TPSA) is 106 Å². The number of nitrogens with one attached hydrogen (secondary N) is 1. The number of aromatic nitrogens is 1. The zero-order valence-corrected chi connectivity index (χ0v) is 24.7. The Labute approximate surface area is 246 Å². The first kappa shape index (κ1) is 29.3. The van der Waals surface area contributed by atoms with E-state index in [1.165, 1.54) is 4.88 Å². The molecule has 0 saturated carbocycles. The fourth-order valence-electron chi connectivity index (χ4n) is 4.93. The molecular weight excluding hydrogens is 538 g/mol. The largest absolute Gasteiger partial charge is 0.455 e. The van der Waals surface area contributed by atoms with Crippen LogP contribution in [0.15, 0.2) is 48.5 Å². The summed E-state index contributed by atoms with van der Waals surface area (Å²) in [6.07, 6.45) is 3.36. The SMILES string of the molecule is CCCCC(Oc1ccc(C(=N)N)cc1)Oc1ccc(-c2nc(N3CCOCC3)sc2CCN2CCOCC2)cc1. The molecule has 2 aliphatic rings. The fourth-order valence-corrected chi connectivity index (χ4v) is 6.05. The summed E-state index contributed by atoms with van der Waals surface area (Å²) in [5, 5.41) is 8.67. The Balaban J connectivity index is 1.30. The van der Waals surface area contributed by atoms with Gasteiger partial charge < -0.3 is 29.6 Å². The van der Waals surface area contributed by atoms with E-state index in [4.69, 9.17) is 35.1 Å². The summed E-state index contributed by atoms with van der Waals surface area (Å²) < 4.78 is 23.6. The zero-order chi connectivity index (χ0) is 28.4. The molecular formula is C31H41N5O4S. The number of nitrogen functional groups attached to an aromatic ring is 1. The lowest BCUT2D eigenvalue weighted by Crippen LogP contribution is -2.37. The maximum Gasteiger partial charge on any atom is 0.241 e. The summed E-state index contributed by atoms with van der Waals surface area (Å²) in [5.74, 6) is 1.49. The predicted molar refractivity (Wildman–Crippen MR) is 164 cm³/mol. The molecule has 0 amide bonds. The van der Waals surface area contributed by atoms with Crippen molar-refractivity contribution in [1.29, 1.82) is 5.41 Å². The molecule has 0 aliphatic carbocycles. The molecule has 41 heavy (non-hydrogen) atoms. The van der Waals surface area contributed by atoms with Gasteiger partial charge in [-0.1, -0.05) is 13.3 Å². The predicted octanol–water partition coefficient (Wildman–Crippen LogP) is 4.78. The Bertz CT molecular complexity index is 1240. The van der Waals surface area contributed by atoms with Gasteiger partial charge in [-0.3, -0.25) is 10.3 Å². The highest BCUT2D eigenvalue weighted by Crippen LogP contribution is 2.35. The smallest absolute Gasteiger partial charge is 0.241 e. The van der Waals surface area contributed by atoms with Crippen molar-refractivity contribution < 1.29 is 18.9 Å². The van der Waals surface area contributed by atoms with Crippen LogP contribution in [0.1, 0.15) is 36.6 Å². The average Bonchev–Trinajstić information content (AvgIpc) is 3.45. The number of hydrogen-bond acceptors (Lipinski definition) is 9. The van der Waals surface area contributed by atoms with E-state index in [1.807, 2.05) is 24.3 Å². The lowest BCUT2D eigenvalue weighted by atomic mass is 10.1. The molecule has 3 N–H and O–H groups in total. The molecule has 10 heteroatoms. The Morgan fingerprint density at radius 2 is 1.56 bits per heavy atom. The van der Waals surface area contributed by atoms with Crippen molar-refractivity contribution in [3.63, 3.8) is 0 Å². The molecule has 1 aromatic heterocycles. The van der Waals surface area contributed by atoms with Gasteiger partial charge in [0.15, 0.2) is 5.13 Å². The highest BCUT2D eigenvalue weighted by Gasteiger charge is 2.21. The summed E-state index contributed by atoms with van der Waals surface area (Å²) in [7, 11) is 0. The van der Waals surface area contributed by atoms with E-state index in [2.05, 4.69) is 28.9 Å². The minimum absolute atomic E-state index is 0.0388. The third kappa shape index (κ3) is 8.19. The number of thiazole rings is 1. The van der Waals surface area contributed by atoms with Gasteiger partial charge in [0.2, 0.25) is 6.29 Å². The van der Waals surface area contributed by atoms with Crippen molar-refractivity contribution in [3.05, 3.63) is 59.0 Å². The molecule has 2 aliphatic heterocycles. The normalized spacial score (nSPS) is 16.9. The van der Waals surface area contributed by atoms with Crippen molar-refractivity contribution in [2.24, 2.45) is 5.73 Å². The maximum atomic E-state index is 7.60. The van der Waals surface area contributed by atoms with Gasteiger partial charge in [-0.25, -0.2) is 4.98 Å². The van der Waals surface area contributed by atoms with Crippen LogP contribution in [0.2, 0.25) is 0 Å². The molecule has 1 atom stereocenters. The number of anilines is 1. The molecule has 0 radical (unpaired) electrons. The molecule has 9 nitrogen and oxygen atoms in total.